The molecule has 17 heavy (non-hydrogen) atoms. The van der Waals surface area contributed by atoms with E-state index in [0.717, 1.165) is 0 Å². The second kappa shape index (κ2) is 4.87. The zero-order valence-corrected chi connectivity index (χ0v) is 11.6. The van der Waals surface area contributed by atoms with Crippen molar-refractivity contribution in [1.82, 2.24) is 9.88 Å². The number of aromatic hydroxyl groups is 1. The second-order valence-electron chi connectivity index (χ2n) is 5.10. The SMILES string of the molecule is CN(C)C=C(C(=O)C(C)(C)C)c1nc(O)cs1. The standard InChI is InChI=1S/C12H18N2O2S/c1-12(2,3)10(16)8(6-14(4)5)11-13-9(15)7-17-11/h6-7,15H,1-5H3. The van der Waals surface area contributed by atoms with Crippen molar-refractivity contribution in [2.45, 2.75) is 20.8 Å². The van der Waals surface area contributed by atoms with E-state index in [1.54, 1.807) is 11.1 Å². The highest BCUT2D eigenvalue weighted by atomic mass is 32.1. The molecule has 0 radical (unpaired) electrons. The first kappa shape index (κ1) is 13.7. The van der Waals surface area contributed by atoms with Crippen LogP contribution in [0.3, 0.4) is 0 Å². The van der Waals surface area contributed by atoms with Gasteiger partial charge in [0.05, 0.1) is 11.0 Å². The number of hydrogen-bond donors (Lipinski definition) is 1. The highest BCUT2D eigenvalue weighted by molar-refractivity contribution is 7.11. The van der Waals surface area contributed by atoms with Gasteiger partial charge in [-0.25, -0.2) is 4.98 Å². The average molecular weight is 254 g/mol. The number of rotatable bonds is 3. The Labute approximate surface area is 106 Å². The molecule has 0 unspecified atom stereocenters. The Morgan fingerprint density at radius 3 is 2.41 bits per heavy atom. The van der Waals surface area contributed by atoms with Crippen molar-refractivity contribution in [3.8, 4) is 5.88 Å². The first-order valence-electron chi connectivity index (χ1n) is 5.29. The molecule has 1 N–H and O–H groups in total. The van der Waals surface area contributed by atoms with E-state index in [-0.39, 0.29) is 11.7 Å². The molecule has 0 fully saturated rings. The highest BCUT2D eigenvalue weighted by Crippen LogP contribution is 2.30. The Kier molecular flexibility index (Phi) is 3.93. The molecule has 1 heterocycles. The molecule has 0 spiro atoms. The molecule has 0 aliphatic heterocycles. The smallest absolute Gasteiger partial charge is 0.222 e. The lowest BCUT2D eigenvalue weighted by Crippen LogP contribution is -2.22. The van der Waals surface area contributed by atoms with Crippen LogP contribution >= 0.6 is 11.3 Å². The molecule has 0 aliphatic carbocycles. The predicted molar refractivity (Wildman–Crippen MR) is 69.9 cm³/mol. The van der Waals surface area contributed by atoms with E-state index >= 15 is 0 Å². The number of carbonyl (C=O) groups is 1. The molecule has 0 saturated carbocycles. The van der Waals surface area contributed by atoms with Gasteiger partial charge in [0.2, 0.25) is 5.88 Å². The monoisotopic (exact) mass is 254 g/mol. The normalized spacial score (nSPS) is 12.6. The summed E-state index contributed by atoms with van der Waals surface area (Å²) < 4.78 is 0. The molecule has 0 aromatic carbocycles. The fraction of sp³-hybridized carbons (Fsp3) is 0.500. The molecule has 1 rings (SSSR count). The summed E-state index contributed by atoms with van der Waals surface area (Å²) in [5, 5.41) is 11.3. The zero-order valence-electron chi connectivity index (χ0n) is 10.8. The number of Topliss-reactive ketones (excluding diaryl/α,β-unsaturated/α-hetero) is 1. The molecule has 0 amide bonds. The van der Waals surface area contributed by atoms with Gasteiger partial charge in [0.25, 0.3) is 0 Å². The molecule has 0 aliphatic rings. The van der Waals surface area contributed by atoms with E-state index in [9.17, 15) is 9.90 Å². The fourth-order valence-electron chi connectivity index (χ4n) is 1.26. The van der Waals surface area contributed by atoms with Crippen LogP contribution in [0.4, 0.5) is 0 Å². The van der Waals surface area contributed by atoms with Crippen LogP contribution in [-0.4, -0.2) is 34.9 Å². The highest BCUT2D eigenvalue weighted by Gasteiger charge is 2.27. The third kappa shape index (κ3) is 3.56. The zero-order chi connectivity index (χ0) is 13.2. The third-order valence-corrected chi connectivity index (χ3v) is 2.90. The number of allylic oxidation sites excluding steroid dienone is 1. The van der Waals surface area contributed by atoms with Crippen molar-refractivity contribution in [1.29, 1.82) is 0 Å². The number of nitrogens with zero attached hydrogens (tertiary/aromatic N) is 2. The largest absolute Gasteiger partial charge is 0.493 e. The number of aromatic nitrogens is 1. The summed E-state index contributed by atoms with van der Waals surface area (Å²) in [5.74, 6) is -0.0306. The van der Waals surface area contributed by atoms with Crippen molar-refractivity contribution < 1.29 is 9.90 Å². The minimum absolute atomic E-state index is 0.0144. The molecule has 4 nitrogen and oxygen atoms in total. The summed E-state index contributed by atoms with van der Waals surface area (Å²) in [4.78, 5) is 18.1. The van der Waals surface area contributed by atoms with Crippen molar-refractivity contribution in [3.05, 3.63) is 16.6 Å². The number of hydrogen-bond acceptors (Lipinski definition) is 5. The summed E-state index contributed by atoms with van der Waals surface area (Å²) in [6.07, 6.45) is 1.74. The Morgan fingerprint density at radius 2 is 2.06 bits per heavy atom. The molecule has 94 valence electrons. The van der Waals surface area contributed by atoms with Crippen LogP contribution in [0.5, 0.6) is 5.88 Å². The maximum absolute atomic E-state index is 12.3. The predicted octanol–water partition coefficient (Wildman–Crippen LogP) is 2.37. The van der Waals surface area contributed by atoms with E-state index < -0.39 is 5.41 Å². The van der Waals surface area contributed by atoms with Gasteiger partial charge < -0.3 is 10.0 Å². The molecule has 1 aromatic heterocycles. The van der Waals surface area contributed by atoms with Crippen molar-refractivity contribution >= 4 is 22.7 Å². The van der Waals surface area contributed by atoms with Crippen LogP contribution in [0.25, 0.3) is 5.57 Å². The Balaban J connectivity index is 3.19. The molecule has 1 aromatic rings. The topological polar surface area (TPSA) is 53.4 Å². The lowest BCUT2D eigenvalue weighted by atomic mass is 9.86. The summed E-state index contributed by atoms with van der Waals surface area (Å²) >= 11 is 1.27. The van der Waals surface area contributed by atoms with Crippen LogP contribution in [0.1, 0.15) is 25.8 Å². The molecular formula is C12H18N2O2S. The number of carbonyl (C=O) groups excluding carboxylic acids is 1. The lowest BCUT2D eigenvalue weighted by Gasteiger charge is -2.19. The lowest BCUT2D eigenvalue weighted by molar-refractivity contribution is -0.120. The van der Waals surface area contributed by atoms with Crippen LogP contribution in [0.15, 0.2) is 11.6 Å². The van der Waals surface area contributed by atoms with E-state index in [4.69, 9.17) is 0 Å². The molecule has 0 atom stereocenters. The third-order valence-electron chi connectivity index (χ3n) is 2.04. The van der Waals surface area contributed by atoms with Crippen molar-refractivity contribution in [2.75, 3.05) is 14.1 Å². The Hall–Kier alpha value is -1.36. The molecular weight excluding hydrogens is 236 g/mol. The number of thiazole rings is 1. The maximum Gasteiger partial charge on any atom is 0.222 e. The van der Waals surface area contributed by atoms with Crippen LogP contribution in [-0.2, 0) is 4.79 Å². The van der Waals surface area contributed by atoms with E-state index in [1.165, 1.54) is 16.7 Å². The second-order valence-corrected chi connectivity index (χ2v) is 5.95. The Morgan fingerprint density at radius 1 is 1.47 bits per heavy atom. The van der Waals surface area contributed by atoms with Crippen molar-refractivity contribution in [2.24, 2.45) is 5.41 Å². The van der Waals surface area contributed by atoms with E-state index in [2.05, 4.69) is 4.98 Å². The first-order valence-corrected chi connectivity index (χ1v) is 6.17. The molecule has 0 bridgehead atoms. The van der Waals surface area contributed by atoms with Crippen LogP contribution in [0, 0.1) is 5.41 Å². The van der Waals surface area contributed by atoms with Gasteiger partial charge in [-0.05, 0) is 0 Å². The summed E-state index contributed by atoms with van der Waals surface area (Å²) in [6.45, 7) is 5.60. The van der Waals surface area contributed by atoms with Gasteiger partial charge >= 0.3 is 0 Å². The minimum Gasteiger partial charge on any atom is -0.493 e. The molecule has 0 saturated heterocycles. The average Bonchev–Trinajstić information content (AvgIpc) is 2.58. The fourth-order valence-corrected chi connectivity index (χ4v) is 1.95. The summed E-state index contributed by atoms with van der Waals surface area (Å²) in [7, 11) is 3.70. The van der Waals surface area contributed by atoms with Crippen LogP contribution < -0.4 is 0 Å². The van der Waals surface area contributed by atoms with Gasteiger partial charge in [-0.1, -0.05) is 20.8 Å². The molecule has 5 heteroatoms. The van der Waals surface area contributed by atoms with Gasteiger partial charge in [-0.15, -0.1) is 11.3 Å². The summed E-state index contributed by atoms with van der Waals surface area (Å²) in [5.41, 5.74) is 0.0659. The first-order chi connectivity index (χ1) is 7.71. The Bertz CT molecular complexity index is 442. The van der Waals surface area contributed by atoms with Crippen LogP contribution in [0.2, 0.25) is 0 Å². The van der Waals surface area contributed by atoms with E-state index in [0.29, 0.717) is 10.6 Å². The van der Waals surface area contributed by atoms with Gasteiger partial charge in [0.1, 0.15) is 5.01 Å². The minimum atomic E-state index is -0.469. The quantitative estimate of drug-likeness (QED) is 0.841. The van der Waals surface area contributed by atoms with Gasteiger partial charge in [-0.3, -0.25) is 4.79 Å². The van der Waals surface area contributed by atoms with Crippen molar-refractivity contribution in [3.63, 3.8) is 0 Å². The van der Waals surface area contributed by atoms with E-state index in [1.807, 2.05) is 34.9 Å². The maximum atomic E-state index is 12.3. The van der Waals surface area contributed by atoms with Gasteiger partial charge in [-0.2, -0.15) is 0 Å². The van der Waals surface area contributed by atoms with Gasteiger partial charge in [0, 0.05) is 25.7 Å². The summed E-state index contributed by atoms with van der Waals surface area (Å²) in [6, 6.07) is 0. The number of ketones is 1. The van der Waals surface area contributed by atoms with Gasteiger partial charge in [0.15, 0.2) is 5.78 Å².